The number of carbonyl (C=O) groups excluding carboxylic acids is 1. The first-order chi connectivity index (χ1) is 10.2. The van der Waals surface area contributed by atoms with Crippen molar-refractivity contribution in [1.29, 1.82) is 0 Å². The van der Waals surface area contributed by atoms with Crippen LogP contribution in [-0.4, -0.2) is 30.5 Å². The van der Waals surface area contributed by atoms with E-state index in [1.807, 2.05) is 59.5 Å². The van der Waals surface area contributed by atoms with Crippen LogP contribution in [0.5, 0.6) is 0 Å². The van der Waals surface area contributed by atoms with E-state index in [9.17, 15) is 4.79 Å². The molecule has 1 fully saturated rings. The summed E-state index contributed by atoms with van der Waals surface area (Å²) in [6, 6.07) is 17.6. The Morgan fingerprint density at radius 3 is 2.71 bits per heavy atom. The summed E-state index contributed by atoms with van der Waals surface area (Å²) in [5, 5.41) is 0. The van der Waals surface area contributed by atoms with Crippen LogP contribution < -0.4 is 0 Å². The zero-order valence-corrected chi connectivity index (χ0v) is 13.1. The van der Waals surface area contributed by atoms with Crippen LogP contribution in [0.2, 0.25) is 0 Å². The Morgan fingerprint density at radius 2 is 1.95 bits per heavy atom. The van der Waals surface area contributed by atoms with E-state index in [1.165, 1.54) is 0 Å². The van der Waals surface area contributed by atoms with Crippen molar-refractivity contribution in [3.63, 3.8) is 0 Å². The van der Waals surface area contributed by atoms with Gasteiger partial charge in [-0.2, -0.15) is 0 Å². The van der Waals surface area contributed by atoms with Crippen molar-refractivity contribution in [3.8, 4) is 0 Å². The number of halogens is 1. The summed E-state index contributed by atoms with van der Waals surface area (Å²) in [5.74, 6) is 0.0560. The fourth-order valence-corrected chi connectivity index (χ4v) is 2.91. The fraction of sp³-hybridized carbons (Fsp3) is 0.235. The molecule has 1 unspecified atom stereocenters. The van der Waals surface area contributed by atoms with Gasteiger partial charge in [0.1, 0.15) is 6.10 Å². The summed E-state index contributed by atoms with van der Waals surface area (Å²) < 4.78 is 6.72. The summed E-state index contributed by atoms with van der Waals surface area (Å²) in [4.78, 5) is 14.4. The fourth-order valence-electron chi connectivity index (χ4n) is 2.51. The maximum absolute atomic E-state index is 12.6. The largest absolute Gasteiger partial charge is 0.370 e. The molecule has 21 heavy (non-hydrogen) atoms. The van der Waals surface area contributed by atoms with Gasteiger partial charge in [0.15, 0.2) is 0 Å². The normalized spacial score (nSPS) is 18.5. The van der Waals surface area contributed by atoms with Gasteiger partial charge in [0, 0.05) is 16.6 Å². The predicted molar refractivity (Wildman–Crippen MR) is 85.2 cm³/mol. The lowest BCUT2D eigenvalue weighted by Gasteiger charge is -2.33. The van der Waals surface area contributed by atoms with Crippen molar-refractivity contribution in [2.45, 2.75) is 6.10 Å². The van der Waals surface area contributed by atoms with Crippen molar-refractivity contribution < 1.29 is 9.53 Å². The molecule has 0 bridgehead atoms. The Bertz CT molecular complexity index is 630. The van der Waals surface area contributed by atoms with Crippen molar-refractivity contribution >= 4 is 21.8 Å². The molecular weight excluding hydrogens is 330 g/mol. The highest BCUT2D eigenvalue weighted by Gasteiger charge is 2.26. The monoisotopic (exact) mass is 345 g/mol. The van der Waals surface area contributed by atoms with Crippen LogP contribution in [0.4, 0.5) is 0 Å². The lowest BCUT2D eigenvalue weighted by Crippen LogP contribution is -2.42. The summed E-state index contributed by atoms with van der Waals surface area (Å²) in [6.45, 7) is 1.79. The molecule has 108 valence electrons. The summed E-state index contributed by atoms with van der Waals surface area (Å²) in [7, 11) is 0. The molecule has 2 aromatic rings. The number of amides is 1. The third-order valence-corrected chi connectivity index (χ3v) is 4.09. The van der Waals surface area contributed by atoms with Gasteiger partial charge < -0.3 is 9.64 Å². The lowest BCUT2D eigenvalue weighted by atomic mass is 10.1. The number of carbonyl (C=O) groups is 1. The van der Waals surface area contributed by atoms with E-state index in [4.69, 9.17) is 4.74 Å². The van der Waals surface area contributed by atoms with Gasteiger partial charge in [-0.3, -0.25) is 4.79 Å². The summed E-state index contributed by atoms with van der Waals surface area (Å²) in [6.07, 6.45) is -0.0453. The third-order valence-electron chi connectivity index (χ3n) is 3.60. The number of benzene rings is 2. The van der Waals surface area contributed by atoms with Gasteiger partial charge in [-0.25, -0.2) is 0 Å². The van der Waals surface area contributed by atoms with Gasteiger partial charge in [0.25, 0.3) is 5.91 Å². The maximum Gasteiger partial charge on any atom is 0.254 e. The molecule has 0 N–H and O–H groups in total. The first kappa shape index (κ1) is 14.3. The minimum Gasteiger partial charge on any atom is -0.370 e. The molecule has 1 atom stereocenters. The van der Waals surface area contributed by atoms with E-state index in [0.717, 1.165) is 10.0 Å². The number of hydrogen-bond acceptors (Lipinski definition) is 2. The van der Waals surface area contributed by atoms with Crippen LogP contribution in [0.25, 0.3) is 0 Å². The van der Waals surface area contributed by atoms with E-state index in [-0.39, 0.29) is 12.0 Å². The molecule has 1 heterocycles. The molecule has 0 saturated carbocycles. The Hall–Kier alpha value is -1.65. The molecule has 1 amide bonds. The highest BCUT2D eigenvalue weighted by molar-refractivity contribution is 9.10. The second-order valence-electron chi connectivity index (χ2n) is 5.03. The average molecular weight is 346 g/mol. The van der Waals surface area contributed by atoms with Crippen LogP contribution >= 0.6 is 15.9 Å². The van der Waals surface area contributed by atoms with Crippen LogP contribution in [0.3, 0.4) is 0 Å². The van der Waals surface area contributed by atoms with Gasteiger partial charge in [-0.05, 0) is 23.8 Å². The molecule has 4 heteroatoms. The Kier molecular flexibility index (Phi) is 4.36. The van der Waals surface area contributed by atoms with Crippen LogP contribution in [-0.2, 0) is 4.74 Å². The van der Waals surface area contributed by atoms with E-state index >= 15 is 0 Å². The van der Waals surface area contributed by atoms with Crippen LogP contribution in [0.15, 0.2) is 59.1 Å². The number of nitrogens with zero attached hydrogens (tertiary/aromatic N) is 1. The average Bonchev–Trinajstić information content (AvgIpc) is 2.55. The van der Waals surface area contributed by atoms with Gasteiger partial charge in [-0.15, -0.1) is 0 Å². The smallest absolute Gasteiger partial charge is 0.254 e. The molecule has 1 aliphatic heterocycles. The second-order valence-corrected chi connectivity index (χ2v) is 5.95. The SMILES string of the molecule is O=C(c1cccc(Br)c1)N1CCOC(c2ccccc2)C1. The minimum absolute atomic E-state index is 0.0453. The molecule has 3 nitrogen and oxygen atoms in total. The van der Waals surface area contributed by atoms with Crippen LogP contribution in [0, 0.1) is 0 Å². The first-order valence-electron chi connectivity index (χ1n) is 6.95. The minimum atomic E-state index is -0.0453. The molecule has 1 saturated heterocycles. The Labute approximate surface area is 132 Å². The molecule has 0 spiro atoms. The molecule has 0 aliphatic carbocycles. The van der Waals surface area contributed by atoms with E-state index in [2.05, 4.69) is 15.9 Å². The standard InChI is InChI=1S/C17H16BrNO2/c18-15-8-4-7-14(11-15)17(20)19-9-10-21-16(12-19)13-5-2-1-3-6-13/h1-8,11,16H,9-10,12H2. The van der Waals surface area contributed by atoms with E-state index in [1.54, 1.807) is 0 Å². The number of hydrogen-bond donors (Lipinski definition) is 0. The van der Waals surface area contributed by atoms with Crippen molar-refractivity contribution in [2.75, 3.05) is 19.7 Å². The summed E-state index contributed by atoms with van der Waals surface area (Å²) >= 11 is 3.41. The molecule has 2 aromatic carbocycles. The maximum atomic E-state index is 12.6. The number of ether oxygens (including phenoxy) is 1. The highest BCUT2D eigenvalue weighted by atomic mass is 79.9. The Balaban J connectivity index is 1.75. The molecule has 0 aromatic heterocycles. The van der Waals surface area contributed by atoms with E-state index in [0.29, 0.717) is 25.3 Å². The predicted octanol–water partition coefficient (Wildman–Crippen LogP) is 3.66. The quantitative estimate of drug-likeness (QED) is 0.831. The molecular formula is C17H16BrNO2. The molecule has 3 rings (SSSR count). The molecule has 0 radical (unpaired) electrons. The summed E-state index contributed by atoms with van der Waals surface area (Å²) in [5.41, 5.74) is 1.82. The van der Waals surface area contributed by atoms with Crippen molar-refractivity contribution in [1.82, 2.24) is 4.90 Å². The zero-order chi connectivity index (χ0) is 14.7. The number of rotatable bonds is 2. The van der Waals surface area contributed by atoms with E-state index < -0.39 is 0 Å². The zero-order valence-electron chi connectivity index (χ0n) is 11.5. The van der Waals surface area contributed by atoms with Crippen molar-refractivity contribution in [2.24, 2.45) is 0 Å². The molecule has 1 aliphatic rings. The highest BCUT2D eigenvalue weighted by Crippen LogP contribution is 2.23. The second kappa shape index (κ2) is 6.41. The van der Waals surface area contributed by atoms with Gasteiger partial charge in [-0.1, -0.05) is 52.3 Å². The lowest BCUT2D eigenvalue weighted by molar-refractivity contribution is -0.0228. The van der Waals surface area contributed by atoms with Crippen LogP contribution in [0.1, 0.15) is 22.0 Å². The topological polar surface area (TPSA) is 29.5 Å². The van der Waals surface area contributed by atoms with Crippen molar-refractivity contribution in [3.05, 3.63) is 70.2 Å². The van der Waals surface area contributed by atoms with Gasteiger partial charge in [0.05, 0.1) is 13.2 Å². The third kappa shape index (κ3) is 3.34. The van der Waals surface area contributed by atoms with Gasteiger partial charge >= 0.3 is 0 Å². The number of morpholine rings is 1. The Morgan fingerprint density at radius 1 is 1.14 bits per heavy atom. The first-order valence-corrected chi connectivity index (χ1v) is 7.75. The van der Waals surface area contributed by atoms with Gasteiger partial charge in [0.2, 0.25) is 0 Å².